The van der Waals surface area contributed by atoms with Gasteiger partial charge in [0, 0.05) is 37.8 Å². The van der Waals surface area contributed by atoms with E-state index in [1.165, 1.54) is 25.3 Å². The molecule has 2 aromatic rings. The number of carbonyl (C=O) groups is 2. The van der Waals surface area contributed by atoms with Crippen LogP contribution in [0.15, 0.2) is 36.4 Å². The molecule has 0 radical (unpaired) electrons. The highest BCUT2D eigenvalue weighted by Gasteiger charge is 2.43. The molecule has 2 aliphatic rings. The van der Waals surface area contributed by atoms with Gasteiger partial charge >= 0.3 is 6.36 Å². The molecule has 0 N–H and O–H groups in total. The monoisotopic (exact) mass is 527 g/mol. The average Bonchev–Trinajstić information content (AvgIpc) is 3.25. The Kier molecular flexibility index (Phi) is 7.49. The van der Waals surface area contributed by atoms with E-state index >= 15 is 0 Å². The summed E-state index contributed by atoms with van der Waals surface area (Å²) in [6.07, 6.45) is -2.41. The number of likely N-dealkylation sites (tertiary alicyclic amines) is 2. The molecule has 8 nitrogen and oxygen atoms in total. The quantitative estimate of drug-likeness (QED) is 0.524. The second kappa shape index (κ2) is 10.4. The minimum absolute atomic E-state index is 0.0589. The lowest BCUT2D eigenvalue weighted by atomic mass is 9.77. The molecule has 2 saturated heterocycles. The number of methoxy groups -OCH3 is 1. The molecule has 36 heavy (non-hydrogen) atoms. The van der Waals surface area contributed by atoms with Crippen molar-refractivity contribution in [2.75, 3.05) is 39.9 Å². The predicted molar refractivity (Wildman–Crippen MR) is 123 cm³/mol. The maximum Gasteiger partial charge on any atom is 0.573 e. The highest BCUT2D eigenvalue weighted by molar-refractivity contribution is 6.29. The third-order valence-electron chi connectivity index (χ3n) is 6.55. The number of nitrogens with zero attached hydrogens (tertiary/aromatic N) is 3. The molecule has 0 bridgehead atoms. The molecule has 1 aromatic carbocycles. The summed E-state index contributed by atoms with van der Waals surface area (Å²) in [5.41, 5.74) is 0.359. The van der Waals surface area contributed by atoms with Crippen LogP contribution in [0, 0.1) is 5.41 Å². The van der Waals surface area contributed by atoms with Gasteiger partial charge in [-0.25, -0.2) is 4.98 Å². The molecule has 0 unspecified atom stereocenters. The third kappa shape index (κ3) is 6.31. The number of carbonyl (C=O) groups excluding carboxylic acids is 2. The first kappa shape index (κ1) is 25.9. The average molecular weight is 528 g/mol. The summed E-state index contributed by atoms with van der Waals surface area (Å²) in [5.74, 6) is -0.153. The third-order valence-corrected chi connectivity index (χ3v) is 6.74. The minimum atomic E-state index is -4.77. The van der Waals surface area contributed by atoms with E-state index in [4.69, 9.17) is 21.1 Å². The van der Waals surface area contributed by atoms with E-state index in [2.05, 4.69) is 9.72 Å². The van der Waals surface area contributed by atoms with Crippen LogP contribution < -0.4 is 14.2 Å². The summed E-state index contributed by atoms with van der Waals surface area (Å²) in [7, 11) is 1.46. The van der Waals surface area contributed by atoms with Crippen LogP contribution in [-0.4, -0.2) is 72.9 Å². The smallest absolute Gasteiger partial charge is 0.484 e. The van der Waals surface area contributed by atoms with Crippen LogP contribution in [0.25, 0.3) is 0 Å². The van der Waals surface area contributed by atoms with Gasteiger partial charge in [-0.2, -0.15) is 0 Å². The number of benzene rings is 1. The molecule has 4 rings (SSSR count). The summed E-state index contributed by atoms with van der Waals surface area (Å²) in [5, 5.41) is 0.184. The zero-order valence-electron chi connectivity index (χ0n) is 19.5. The molecule has 0 aliphatic carbocycles. The van der Waals surface area contributed by atoms with Gasteiger partial charge in [-0.3, -0.25) is 9.59 Å². The normalized spacial score (nSPS) is 17.2. The van der Waals surface area contributed by atoms with E-state index in [1.54, 1.807) is 15.9 Å². The van der Waals surface area contributed by atoms with Crippen LogP contribution in [0.3, 0.4) is 0 Å². The molecule has 3 heterocycles. The summed E-state index contributed by atoms with van der Waals surface area (Å²) in [6, 6.07) is 7.97. The van der Waals surface area contributed by atoms with Gasteiger partial charge in [-0.1, -0.05) is 11.6 Å². The lowest BCUT2D eigenvalue weighted by Crippen LogP contribution is -2.45. The number of piperidine rings is 1. The van der Waals surface area contributed by atoms with Crippen LogP contribution in [0.4, 0.5) is 13.2 Å². The number of amides is 2. The molecule has 1 aromatic heterocycles. The summed E-state index contributed by atoms with van der Waals surface area (Å²) in [6.45, 7) is 2.07. The van der Waals surface area contributed by atoms with Crippen LogP contribution in [0.2, 0.25) is 5.15 Å². The molecule has 2 fully saturated rings. The van der Waals surface area contributed by atoms with Gasteiger partial charge in [0.2, 0.25) is 5.88 Å². The minimum Gasteiger partial charge on any atom is -0.484 e. The van der Waals surface area contributed by atoms with Crippen LogP contribution in [-0.2, 0) is 4.79 Å². The van der Waals surface area contributed by atoms with Crippen molar-refractivity contribution in [3.63, 3.8) is 0 Å². The van der Waals surface area contributed by atoms with E-state index in [0.717, 1.165) is 31.4 Å². The Bertz CT molecular complexity index is 1110. The Morgan fingerprint density at radius 3 is 2.25 bits per heavy atom. The number of pyridine rings is 1. The van der Waals surface area contributed by atoms with E-state index in [0.29, 0.717) is 31.7 Å². The van der Waals surface area contributed by atoms with E-state index in [-0.39, 0.29) is 46.4 Å². The Hall–Kier alpha value is -3.21. The van der Waals surface area contributed by atoms with Crippen LogP contribution in [0.1, 0.15) is 29.6 Å². The summed E-state index contributed by atoms with van der Waals surface area (Å²) in [4.78, 5) is 33.1. The fourth-order valence-electron chi connectivity index (χ4n) is 4.60. The Morgan fingerprint density at radius 1 is 1.03 bits per heavy atom. The number of ether oxygens (including phenoxy) is 3. The molecule has 194 valence electrons. The van der Waals surface area contributed by atoms with E-state index in [9.17, 15) is 22.8 Å². The van der Waals surface area contributed by atoms with Crippen LogP contribution in [0.5, 0.6) is 17.4 Å². The first-order valence-electron chi connectivity index (χ1n) is 11.3. The number of hydrogen-bond donors (Lipinski definition) is 0. The molecule has 12 heteroatoms. The second-order valence-corrected chi connectivity index (χ2v) is 9.27. The van der Waals surface area contributed by atoms with Crippen molar-refractivity contribution in [2.24, 2.45) is 5.41 Å². The van der Waals surface area contributed by atoms with Gasteiger partial charge in [0.25, 0.3) is 11.8 Å². The largest absolute Gasteiger partial charge is 0.573 e. The van der Waals surface area contributed by atoms with Crippen molar-refractivity contribution in [3.05, 3.63) is 47.1 Å². The van der Waals surface area contributed by atoms with Gasteiger partial charge in [-0.05, 0) is 55.0 Å². The van der Waals surface area contributed by atoms with Crippen molar-refractivity contribution >= 4 is 23.4 Å². The molecular formula is C24H25ClF3N3O5. The number of alkyl halides is 3. The Morgan fingerprint density at radius 2 is 1.64 bits per heavy atom. The van der Waals surface area contributed by atoms with Gasteiger partial charge in [0.1, 0.15) is 16.7 Å². The highest BCUT2D eigenvalue weighted by atomic mass is 35.5. The maximum absolute atomic E-state index is 12.9. The van der Waals surface area contributed by atoms with Crippen molar-refractivity contribution in [2.45, 2.75) is 25.6 Å². The fourth-order valence-corrected chi connectivity index (χ4v) is 4.80. The van der Waals surface area contributed by atoms with Crippen molar-refractivity contribution in [1.29, 1.82) is 0 Å². The molecule has 1 spiro atoms. The molecule has 2 amide bonds. The number of rotatable bonds is 6. The van der Waals surface area contributed by atoms with Gasteiger partial charge in [-0.15, -0.1) is 13.2 Å². The zero-order chi connectivity index (χ0) is 25.9. The first-order valence-corrected chi connectivity index (χ1v) is 11.7. The molecular weight excluding hydrogens is 503 g/mol. The topological polar surface area (TPSA) is 81.2 Å². The molecule has 2 aliphatic heterocycles. The van der Waals surface area contributed by atoms with Gasteiger partial charge in [0.05, 0.1) is 7.11 Å². The first-order chi connectivity index (χ1) is 17.1. The molecule has 0 atom stereocenters. The maximum atomic E-state index is 12.9. The summed E-state index contributed by atoms with van der Waals surface area (Å²) >= 11 is 5.99. The second-order valence-electron chi connectivity index (χ2n) is 8.89. The zero-order valence-corrected chi connectivity index (χ0v) is 20.3. The summed E-state index contributed by atoms with van der Waals surface area (Å²) < 4.78 is 51.2. The Balaban J connectivity index is 1.26. The lowest BCUT2D eigenvalue weighted by Gasteiger charge is -2.39. The SMILES string of the molecule is COc1cc(C(=O)N2CCC3(CCN(C(=O)COc4ccc(OC(F)(F)F)cc4)C3)CC2)cc(Cl)n1. The number of aromatic nitrogens is 1. The lowest BCUT2D eigenvalue weighted by molar-refractivity contribution is -0.274. The van der Waals surface area contributed by atoms with E-state index < -0.39 is 6.36 Å². The number of hydrogen-bond acceptors (Lipinski definition) is 6. The van der Waals surface area contributed by atoms with Crippen molar-refractivity contribution in [3.8, 4) is 17.4 Å². The van der Waals surface area contributed by atoms with Crippen molar-refractivity contribution in [1.82, 2.24) is 14.8 Å². The molecule has 0 saturated carbocycles. The van der Waals surface area contributed by atoms with Gasteiger partial charge < -0.3 is 24.0 Å². The Labute approximate surface area is 210 Å². The van der Waals surface area contributed by atoms with E-state index in [1.807, 2.05) is 0 Å². The standard InChI is InChI=1S/C24H25ClF3N3O5/c1-34-20-13-16(12-19(25)29-20)22(33)30-9-6-23(7-10-30)8-11-31(15-23)21(32)14-35-17-2-4-18(5-3-17)36-24(26,27)28/h2-5,12-13H,6-11,14-15H2,1H3. The fraction of sp³-hybridized carbons (Fsp3) is 0.458. The highest BCUT2D eigenvalue weighted by Crippen LogP contribution is 2.40. The van der Waals surface area contributed by atoms with Crippen molar-refractivity contribution < 1.29 is 37.0 Å². The van der Waals surface area contributed by atoms with Crippen LogP contribution >= 0.6 is 11.6 Å². The van der Waals surface area contributed by atoms with Gasteiger partial charge in [0.15, 0.2) is 6.61 Å². The predicted octanol–water partition coefficient (Wildman–Crippen LogP) is 4.18. The number of halogens is 4.